The first-order valence-electron chi connectivity index (χ1n) is 9.13. The second kappa shape index (κ2) is 10.0. The van der Waals surface area contributed by atoms with E-state index in [2.05, 4.69) is 25.6 Å². The molecule has 150 valence electrons. The minimum Gasteiger partial charge on any atom is -0.493 e. The summed E-state index contributed by atoms with van der Waals surface area (Å²) in [6.07, 6.45) is 7.15. The Hall–Kier alpha value is -3.68. The van der Waals surface area contributed by atoms with Gasteiger partial charge in [-0.3, -0.25) is 9.78 Å². The zero-order valence-electron chi connectivity index (χ0n) is 16.4. The van der Waals surface area contributed by atoms with Gasteiger partial charge in [-0.25, -0.2) is 9.97 Å². The third kappa shape index (κ3) is 5.65. The van der Waals surface area contributed by atoms with Gasteiger partial charge in [-0.05, 0) is 41.8 Å². The van der Waals surface area contributed by atoms with Gasteiger partial charge in [0.25, 0.3) is 5.91 Å². The van der Waals surface area contributed by atoms with Gasteiger partial charge in [-0.1, -0.05) is 6.07 Å². The molecule has 0 aliphatic carbocycles. The van der Waals surface area contributed by atoms with E-state index < -0.39 is 0 Å². The largest absolute Gasteiger partial charge is 0.493 e. The molecule has 3 rings (SSSR count). The maximum absolute atomic E-state index is 12.2. The number of nitrogens with zero attached hydrogens (tertiary/aromatic N) is 3. The quantitative estimate of drug-likeness (QED) is 0.576. The molecule has 8 heteroatoms. The zero-order chi connectivity index (χ0) is 20.5. The molecule has 2 N–H and O–H groups in total. The normalized spacial score (nSPS) is 10.3. The molecule has 0 radical (unpaired) electrons. The molecule has 2 heterocycles. The summed E-state index contributed by atoms with van der Waals surface area (Å²) >= 11 is 0. The van der Waals surface area contributed by atoms with Crippen molar-refractivity contribution in [2.45, 2.75) is 13.0 Å². The number of aromatic nitrogens is 3. The fraction of sp³-hybridized carbons (Fsp3) is 0.238. The van der Waals surface area contributed by atoms with Gasteiger partial charge in [0.2, 0.25) is 5.95 Å². The van der Waals surface area contributed by atoms with Crippen molar-refractivity contribution in [3.63, 3.8) is 0 Å². The number of anilines is 1. The summed E-state index contributed by atoms with van der Waals surface area (Å²) < 4.78 is 10.6. The van der Waals surface area contributed by atoms with Crippen molar-refractivity contribution in [1.82, 2.24) is 20.3 Å². The Morgan fingerprint density at radius 2 is 1.69 bits per heavy atom. The SMILES string of the molecule is COc1ccc(CCNc2ncc(C(=O)NCc3ccncc3)cn2)cc1OC. The van der Waals surface area contributed by atoms with Gasteiger partial charge in [0.1, 0.15) is 0 Å². The molecule has 3 aromatic rings. The molecular weight excluding hydrogens is 370 g/mol. The van der Waals surface area contributed by atoms with Gasteiger partial charge in [0.05, 0.1) is 19.8 Å². The lowest BCUT2D eigenvalue weighted by Gasteiger charge is -2.10. The number of carbonyl (C=O) groups excluding carboxylic acids is 1. The first kappa shape index (κ1) is 20.1. The highest BCUT2D eigenvalue weighted by Gasteiger charge is 2.08. The van der Waals surface area contributed by atoms with Gasteiger partial charge in [-0.2, -0.15) is 0 Å². The molecule has 2 aromatic heterocycles. The topological polar surface area (TPSA) is 98.3 Å². The van der Waals surface area contributed by atoms with E-state index in [1.54, 1.807) is 26.6 Å². The van der Waals surface area contributed by atoms with Crippen molar-refractivity contribution < 1.29 is 14.3 Å². The molecule has 8 nitrogen and oxygen atoms in total. The second-order valence-electron chi connectivity index (χ2n) is 6.20. The Labute approximate surface area is 169 Å². The van der Waals surface area contributed by atoms with Crippen LogP contribution in [0.4, 0.5) is 5.95 Å². The smallest absolute Gasteiger partial charge is 0.254 e. The molecule has 1 aromatic carbocycles. The second-order valence-corrected chi connectivity index (χ2v) is 6.20. The van der Waals surface area contributed by atoms with Crippen LogP contribution in [0.5, 0.6) is 11.5 Å². The number of hydrogen-bond donors (Lipinski definition) is 2. The summed E-state index contributed by atoms with van der Waals surface area (Å²) in [5, 5.41) is 5.98. The number of rotatable bonds is 9. The molecule has 0 bridgehead atoms. The summed E-state index contributed by atoms with van der Waals surface area (Å²) in [4.78, 5) is 24.6. The van der Waals surface area contributed by atoms with Crippen molar-refractivity contribution in [2.75, 3.05) is 26.1 Å². The molecule has 0 aliphatic rings. The molecular formula is C21H23N5O3. The summed E-state index contributed by atoms with van der Waals surface area (Å²) in [7, 11) is 3.22. The van der Waals surface area contributed by atoms with E-state index in [1.807, 2.05) is 30.3 Å². The van der Waals surface area contributed by atoms with E-state index in [1.165, 1.54) is 12.4 Å². The average molecular weight is 393 g/mol. The van der Waals surface area contributed by atoms with Crippen molar-refractivity contribution in [2.24, 2.45) is 0 Å². The molecule has 0 aliphatic heterocycles. The molecule has 1 amide bonds. The Kier molecular flexibility index (Phi) is 6.94. The monoisotopic (exact) mass is 393 g/mol. The minimum atomic E-state index is -0.223. The van der Waals surface area contributed by atoms with E-state index in [9.17, 15) is 4.79 Å². The van der Waals surface area contributed by atoms with Gasteiger partial charge in [0.15, 0.2) is 11.5 Å². The van der Waals surface area contributed by atoms with Crippen LogP contribution >= 0.6 is 0 Å². The molecule has 0 atom stereocenters. The van der Waals surface area contributed by atoms with Crippen molar-refractivity contribution >= 4 is 11.9 Å². The lowest BCUT2D eigenvalue weighted by Crippen LogP contribution is -2.23. The number of benzene rings is 1. The van der Waals surface area contributed by atoms with Crippen LogP contribution in [-0.2, 0) is 13.0 Å². The lowest BCUT2D eigenvalue weighted by atomic mass is 10.1. The maximum atomic E-state index is 12.2. The predicted octanol–water partition coefficient (Wildman–Crippen LogP) is 2.47. The third-order valence-electron chi connectivity index (χ3n) is 4.26. The summed E-state index contributed by atoms with van der Waals surface area (Å²) in [5.74, 6) is 1.64. The highest BCUT2D eigenvalue weighted by Crippen LogP contribution is 2.27. The number of carbonyl (C=O) groups is 1. The third-order valence-corrected chi connectivity index (χ3v) is 4.26. The van der Waals surface area contributed by atoms with Crippen molar-refractivity contribution in [3.05, 3.63) is 71.8 Å². The van der Waals surface area contributed by atoms with E-state index in [4.69, 9.17) is 9.47 Å². The Bertz CT molecular complexity index is 933. The zero-order valence-corrected chi connectivity index (χ0v) is 16.4. The fourth-order valence-corrected chi connectivity index (χ4v) is 2.68. The van der Waals surface area contributed by atoms with Crippen LogP contribution in [0.3, 0.4) is 0 Å². The molecule has 0 unspecified atom stereocenters. The Morgan fingerprint density at radius 3 is 2.38 bits per heavy atom. The molecule has 0 saturated carbocycles. The molecule has 29 heavy (non-hydrogen) atoms. The number of nitrogens with one attached hydrogen (secondary N) is 2. The first-order valence-corrected chi connectivity index (χ1v) is 9.13. The fourth-order valence-electron chi connectivity index (χ4n) is 2.68. The van der Waals surface area contributed by atoms with E-state index in [0.29, 0.717) is 36.1 Å². The lowest BCUT2D eigenvalue weighted by molar-refractivity contribution is 0.0950. The molecule has 0 fully saturated rings. The summed E-state index contributed by atoms with van der Waals surface area (Å²) in [5.41, 5.74) is 2.48. The number of amides is 1. The van der Waals surface area contributed by atoms with Crippen LogP contribution in [0.1, 0.15) is 21.5 Å². The average Bonchev–Trinajstić information content (AvgIpc) is 2.78. The van der Waals surface area contributed by atoms with Crippen LogP contribution in [0.25, 0.3) is 0 Å². The number of ether oxygens (including phenoxy) is 2. The molecule has 0 spiro atoms. The van der Waals surface area contributed by atoms with Gasteiger partial charge < -0.3 is 20.1 Å². The van der Waals surface area contributed by atoms with Gasteiger partial charge >= 0.3 is 0 Å². The van der Waals surface area contributed by atoms with Crippen molar-refractivity contribution in [3.8, 4) is 11.5 Å². The minimum absolute atomic E-state index is 0.223. The van der Waals surface area contributed by atoms with Crippen LogP contribution in [0, 0.1) is 0 Å². The van der Waals surface area contributed by atoms with E-state index in [0.717, 1.165) is 17.5 Å². The van der Waals surface area contributed by atoms with E-state index >= 15 is 0 Å². The highest BCUT2D eigenvalue weighted by molar-refractivity contribution is 5.93. The predicted molar refractivity (Wildman–Crippen MR) is 109 cm³/mol. The highest BCUT2D eigenvalue weighted by atomic mass is 16.5. The maximum Gasteiger partial charge on any atom is 0.254 e. The van der Waals surface area contributed by atoms with Crippen LogP contribution in [-0.4, -0.2) is 41.6 Å². The van der Waals surface area contributed by atoms with E-state index in [-0.39, 0.29) is 5.91 Å². The standard InChI is InChI=1S/C21H23N5O3/c1-28-18-4-3-15(11-19(18)29-2)7-10-23-21-25-13-17(14-26-21)20(27)24-12-16-5-8-22-9-6-16/h3-6,8-9,11,13-14H,7,10,12H2,1-2H3,(H,24,27)(H,23,25,26). The van der Waals surface area contributed by atoms with Gasteiger partial charge in [0, 0.05) is 37.9 Å². The van der Waals surface area contributed by atoms with Crippen LogP contribution in [0.15, 0.2) is 55.1 Å². The van der Waals surface area contributed by atoms with Crippen molar-refractivity contribution in [1.29, 1.82) is 0 Å². The summed E-state index contributed by atoms with van der Waals surface area (Å²) in [6.45, 7) is 1.07. The number of methoxy groups -OCH3 is 2. The number of pyridine rings is 1. The Balaban J connectivity index is 1.48. The first-order chi connectivity index (χ1) is 14.2. The van der Waals surface area contributed by atoms with Crippen LogP contribution < -0.4 is 20.1 Å². The molecule has 0 saturated heterocycles. The Morgan fingerprint density at radius 1 is 0.966 bits per heavy atom. The van der Waals surface area contributed by atoms with Gasteiger partial charge in [-0.15, -0.1) is 0 Å². The summed E-state index contributed by atoms with van der Waals surface area (Å²) in [6, 6.07) is 9.51. The van der Waals surface area contributed by atoms with Crippen LogP contribution in [0.2, 0.25) is 0 Å². The number of hydrogen-bond acceptors (Lipinski definition) is 7.